The van der Waals surface area contributed by atoms with Crippen LogP contribution in [0, 0.1) is 0 Å². The normalized spacial score (nSPS) is 14.9. The fraction of sp³-hybridized carbons (Fsp3) is 0.455. The number of aromatic nitrogens is 4. The van der Waals surface area contributed by atoms with E-state index in [4.69, 9.17) is 9.97 Å². The molecular weight excluding hydrogens is 378 g/mol. The fourth-order valence-corrected chi connectivity index (χ4v) is 3.76. The molecule has 3 aromatic rings. The van der Waals surface area contributed by atoms with Gasteiger partial charge >= 0.3 is 6.03 Å². The van der Waals surface area contributed by atoms with Gasteiger partial charge in [-0.25, -0.2) is 19.4 Å². The first-order valence-corrected chi connectivity index (χ1v) is 10.7. The van der Waals surface area contributed by atoms with Crippen LogP contribution in [-0.2, 0) is 0 Å². The number of fused-ring (bicyclic) bond motifs is 1. The average Bonchev–Trinajstić information content (AvgIpc) is 3.03. The monoisotopic (exact) mass is 407 g/mol. The molecule has 0 aliphatic carbocycles. The third-order valence-electron chi connectivity index (χ3n) is 5.35. The Hall–Kier alpha value is -3.16. The van der Waals surface area contributed by atoms with Crippen molar-refractivity contribution in [3.8, 4) is 5.69 Å². The molecule has 1 saturated heterocycles. The second kappa shape index (κ2) is 8.69. The van der Waals surface area contributed by atoms with Crippen LogP contribution < -0.4 is 10.2 Å². The SMILES string of the molecule is CCNC(=O)N1CCCN(c2nc(C(C)C)nc3c2cnn3-c2ccccc2)CC1. The van der Waals surface area contributed by atoms with Crippen LogP contribution in [0.2, 0.25) is 0 Å². The summed E-state index contributed by atoms with van der Waals surface area (Å²) < 4.78 is 1.88. The summed E-state index contributed by atoms with van der Waals surface area (Å²) in [5, 5.41) is 8.47. The van der Waals surface area contributed by atoms with Gasteiger partial charge in [0.15, 0.2) is 5.65 Å². The molecule has 2 amide bonds. The molecule has 1 N–H and O–H groups in total. The van der Waals surface area contributed by atoms with E-state index in [-0.39, 0.29) is 11.9 Å². The van der Waals surface area contributed by atoms with Crippen LogP contribution >= 0.6 is 0 Å². The summed E-state index contributed by atoms with van der Waals surface area (Å²) in [4.78, 5) is 26.2. The number of anilines is 1. The Morgan fingerprint density at radius 1 is 1.10 bits per heavy atom. The molecule has 1 fully saturated rings. The lowest BCUT2D eigenvalue weighted by Gasteiger charge is -2.24. The van der Waals surface area contributed by atoms with E-state index in [1.165, 1.54) is 0 Å². The highest BCUT2D eigenvalue weighted by Gasteiger charge is 2.23. The summed E-state index contributed by atoms with van der Waals surface area (Å²) in [7, 11) is 0. The Balaban J connectivity index is 1.72. The molecule has 158 valence electrons. The van der Waals surface area contributed by atoms with E-state index >= 15 is 0 Å². The molecule has 1 aromatic carbocycles. The van der Waals surface area contributed by atoms with Gasteiger partial charge in [0.05, 0.1) is 17.3 Å². The molecule has 0 bridgehead atoms. The summed E-state index contributed by atoms with van der Waals surface area (Å²) in [5.41, 5.74) is 1.80. The molecule has 2 aromatic heterocycles. The van der Waals surface area contributed by atoms with Crippen LogP contribution in [0.3, 0.4) is 0 Å². The molecule has 4 rings (SSSR count). The van der Waals surface area contributed by atoms with Crippen molar-refractivity contribution in [1.82, 2.24) is 30.0 Å². The zero-order valence-corrected chi connectivity index (χ0v) is 17.9. The number of benzene rings is 1. The van der Waals surface area contributed by atoms with Crippen LogP contribution in [0.15, 0.2) is 36.5 Å². The third-order valence-corrected chi connectivity index (χ3v) is 5.35. The molecule has 8 heteroatoms. The van der Waals surface area contributed by atoms with Gasteiger partial charge in [0, 0.05) is 38.6 Å². The van der Waals surface area contributed by atoms with E-state index < -0.39 is 0 Å². The summed E-state index contributed by atoms with van der Waals surface area (Å²) in [5.74, 6) is 1.91. The van der Waals surface area contributed by atoms with Crippen molar-refractivity contribution in [2.75, 3.05) is 37.6 Å². The third kappa shape index (κ3) is 3.94. The smallest absolute Gasteiger partial charge is 0.317 e. The lowest BCUT2D eigenvalue weighted by atomic mass is 10.2. The topological polar surface area (TPSA) is 79.2 Å². The van der Waals surface area contributed by atoms with Crippen molar-refractivity contribution in [3.05, 3.63) is 42.4 Å². The molecule has 0 spiro atoms. The summed E-state index contributed by atoms with van der Waals surface area (Å²) >= 11 is 0. The van der Waals surface area contributed by atoms with E-state index in [1.54, 1.807) is 0 Å². The fourth-order valence-electron chi connectivity index (χ4n) is 3.76. The van der Waals surface area contributed by atoms with Gasteiger partial charge in [0.25, 0.3) is 0 Å². The Kier molecular flexibility index (Phi) is 5.83. The number of hydrogen-bond acceptors (Lipinski definition) is 5. The van der Waals surface area contributed by atoms with Crippen molar-refractivity contribution in [2.45, 2.75) is 33.1 Å². The quantitative estimate of drug-likeness (QED) is 0.719. The van der Waals surface area contributed by atoms with Gasteiger partial charge in [-0.3, -0.25) is 0 Å². The Labute approximate surface area is 176 Å². The van der Waals surface area contributed by atoms with Crippen molar-refractivity contribution in [2.24, 2.45) is 0 Å². The number of nitrogens with one attached hydrogen (secondary N) is 1. The Bertz CT molecular complexity index is 1020. The molecule has 1 aliphatic rings. The summed E-state index contributed by atoms with van der Waals surface area (Å²) in [6.07, 6.45) is 2.75. The predicted octanol–water partition coefficient (Wildman–Crippen LogP) is 3.18. The van der Waals surface area contributed by atoms with Gasteiger partial charge in [0.2, 0.25) is 0 Å². The van der Waals surface area contributed by atoms with Crippen molar-refractivity contribution in [1.29, 1.82) is 0 Å². The molecular formula is C22H29N7O. The summed E-state index contributed by atoms with van der Waals surface area (Å²) in [6, 6.07) is 10.1. The average molecular weight is 408 g/mol. The number of hydrogen-bond donors (Lipinski definition) is 1. The van der Waals surface area contributed by atoms with Crippen LogP contribution in [0.25, 0.3) is 16.7 Å². The molecule has 3 heterocycles. The summed E-state index contributed by atoms with van der Waals surface area (Å²) in [6.45, 7) is 9.78. The number of rotatable bonds is 4. The van der Waals surface area contributed by atoms with Gasteiger partial charge in [-0.2, -0.15) is 5.10 Å². The minimum Gasteiger partial charge on any atom is -0.354 e. The predicted molar refractivity (Wildman–Crippen MR) is 118 cm³/mol. The molecule has 8 nitrogen and oxygen atoms in total. The minimum atomic E-state index is 0.00644. The van der Waals surface area contributed by atoms with Crippen molar-refractivity contribution >= 4 is 22.9 Å². The van der Waals surface area contributed by atoms with Crippen molar-refractivity contribution < 1.29 is 4.79 Å². The zero-order valence-electron chi connectivity index (χ0n) is 17.9. The van der Waals surface area contributed by atoms with Gasteiger partial charge in [-0.1, -0.05) is 32.0 Å². The first kappa shape index (κ1) is 20.1. The molecule has 0 unspecified atom stereocenters. The van der Waals surface area contributed by atoms with Gasteiger partial charge in [-0.15, -0.1) is 0 Å². The van der Waals surface area contributed by atoms with E-state index in [1.807, 2.05) is 53.0 Å². The number of para-hydroxylation sites is 1. The molecule has 0 radical (unpaired) electrons. The number of amides is 2. The highest BCUT2D eigenvalue weighted by Crippen LogP contribution is 2.28. The Morgan fingerprint density at radius 3 is 2.63 bits per heavy atom. The highest BCUT2D eigenvalue weighted by atomic mass is 16.2. The Morgan fingerprint density at radius 2 is 1.90 bits per heavy atom. The van der Waals surface area contributed by atoms with E-state index in [0.717, 1.165) is 54.4 Å². The molecule has 0 saturated carbocycles. The highest BCUT2D eigenvalue weighted by molar-refractivity contribution is 5.88. The number of carbonyl (C=O) groups is 1. The lowest BCUT2D eigenvalue weighted by Crippen LogP contribution is -2.42. The maximum absolute atomic E-state index is 12.3. The van der Waals surface area contributed by atoms with E-state index in [2.05, 4.69) is 29.2 Å². The first-order valence-electron chi connectivity index (χ1n) is 10.7. The molecule has 0 atom stereocenters. The first-order chi connectivity index (χ1) is 14.6. The van der Waals surface area contributed by atoms with Gasteiger partial charge in [-0.05, 0) is 25.5 Å². The number of nitrogens with zero attached hydrogens (tertiary/aromatic N) is 6. The van der Waals surface area contributed by atoms with Crippen LogP contribution in [0.4, 0.5) is 10.6 Å². The van der Waals surface area contributed by atoms with Gasteiger partial charge in [0.1, 0.15) is 11.6 Å². The zero-order chi connectivity index (χ0) is 21.1. The lowest BCUT2D eigenvalue weighted by molar-refractivity contribution is 0.202. The standard InChI is InChI=1S/C22H29N7O/c1-4-23-22(30)28-12-8-11-27(13-14-28)20-18-15-24-29(17-9-6-5-7-10-17)21(18)26-19(25-20)16(2)3/h5-7,9-10,15-16H,4,8,11-14H2,1-3H3,(H,23,30). The minimum absolute atomic E-state index is 0.00644. The largest absolute Gasteiger partial charge is 0.354 e. The molecule has 30 heavy (non-hydrogen) atoms. The van der Waals surface area contributed by atoms with Crippen LogP contribution in [-0.4, -0.2) is 63.4 Å². The van der Waals surface area contributed by atoms with Crippen LogP contribution in [0.1, 0.15) is 38.9 Å². The second-order valence-electron chi connectivity index (χ2n) is 7.85. The van der Waals surface area contributed by atoms with Gasteiger partial charge < -0.3 is 15.1 Å². The van der Waals surface area contributed by atoms with Crippen LogP contribution in [0.5, 0.6) is 0 Å². The van der Waals surface area contributed by atoms with Crippen molar-refractivity contribution in [3.63, 3.8) is 0 Å². The maximum Gasteiger partial charge on any atom is 0.317 e. The van der Waals surface area contributed by atoms with E-state index in [0.29, 0.717) is 13.1 Å². The number of urea groups is 1. The second-order valence-corrected chi connectivity index (χ2v) is 7.85. The number of carbonyl (C=O) groups excluding carboxylic acids is 1. The van der Waals surface area contributed by atoms with E-state index in [9.17, 15) is 4.79 Å². The maximum atomic E-state index is 12.3. The molecule has 1 aliphatic heterocycles.